The number of halogens is 2. The van der Waals surface area contributed by atoms with Crippen molar-refractivity contribution in [3.8, 4) is 0 Å². The van der Waals surface area contributed by atoms with Crippen LogP contribution in [0.15, 0.2) is 6.07 Å². The number of hydrogen-bond donors (Lipinski definition) is 4. The number of nitrogens with one attached hydrogen (secondary N) is 1. The zero-order chi connectivity index (χ0) is 14.0. The van der Waals surface area contributed by atoms with Crippen molar-refractivity contribution in [2.24, 2.45) is 0 Å². The van der Waals surface area contributed by atoms with Crippen LogP contribution in [-0.2, 0) is 0 Å². The Morgan fingerprint density at radius 2 is 1.89 bits per heavy atom. The zero-order valence-corrected chi connectivity index (χ0v) is 11.4. The van der Waals surface area contributed by atoms with E-state index in [9.17, 15) is 9.50 Å². The molecule has 0 radical (unpaired) electrons. The van der Waals surface area contributed by atoms with Gasteiger partial charge in [-0.25, -0.2) is 4.39 Å². The standard InChI is InChI=1S/C13H19ClFN3O/c14-10-8(16)6-9(17)12(11(10)15)18-13(7-19)4-2-1-3-5-13/h6,18-19H,1-5,7,16-17H2. The topological polar surface area (TPSA) is 84.3 Å². The van der Waals surface area contributed by atoms with Crippen LogP contribution in [0.2, 0.25) is 5.02 Å². The van der Waals surface area contributed by atoms with E-state index >= 15 is 0 Å². The van der Waals surface area contributed by atoms with Crippen molar-refractivity contribution in [1.82, 2.24) is 0 Å². The molecular formula is C13H19ClFN3O. The fraction of sp³-hybridized carbons (Fsp3) is 0.538. The molecule has 106 valence electrons. The lowest BCUT2D eigenvalue weighted by molar-refractivity contribution is 0.172. The van der Waals surface area contributed by atoms with Gasteiger partial charge in [0.2, 0.25) is 0 Å². The minimum atomic E-state index is -0.655. The molecule has 1 aliphatic rings. The maximum absolute atomic E-state index is 14.1. The Labute approximate surface area is 116 Å². The zero-order valence-electron chi connectivity index (χ0n) is 10.7. The van der Waals surface area contributed by atoms with Crippen LogP contribution in [0.25, 0.3) is 0 Å². The Kier molecular flexibility index (Phi) is 4.06. The molecule has 6 N–H and O–H groups in total. The van der Waals surface area contributed by atoms with Gasteiger partial charge in [-0.05, 0) is 18.9 Å². The van der Waals surface area contributed by atoms with E-state index in [4.69, 9.17) is 23.1 Å². The van der Waals surface area contributed by atoms with Gasteiger partial charge in [0.25, 0.3) is 0 Å². The van der Waals surface area contributed by atoms with E-state index in [1.807, 2.05) is 0 Å². The van der Waals surface area contributed by atoms with Crippen LogP contribution in [0.4, 0.5) is 21.5 Å². The summed E-state index contributed by atoms with van der Waals surface area (Å²) >= 11 is 5.80. The Morgan fingerprint density at radius 1 is 1.26 bits per heavy atom. The van der Waals surface area contributed by atoms with Gasteiger partial charge < -0.3 is 21.9 Å². The van der Waals surface area contributed by atoms with Gasteiger partial charge in [0.1, 0.15) is 5.02 Å². The molecule has 1 aromatic carbocycles. The molecule has 1 aliphatic carbocycles. The van der Waals surface area contributed by atoms with E-state index in [0.29, 0.717) is 0 Å². The molecule has 0 heterocycles. The SMILES string of the molecule is Nc1cc(N)c(NC2(CO)CCCCC2)c(F)c1Cl. The van der Waals surface area contributed by atoms with E-state index in [-0.39, 0.29) is 28.7 Å². The van der Waals surface area contributed by atoms with Gasteiger partial charge in [-0.3, -0.25) is 0 Å². The number of aliphatic hydroxyl groups is 1. The summed E-state index contributed by atoms with van der Waals surface area (Å²) in [5.74, 6) is -0.655. The van der Waals surface area contributed by atoms with Crippen molar-refractivity contribution in [3.05, 3.63) is 16.9 Å². The molecule has 0 spiro atoms. The van der Waals surface area contributed by atoms with Gasteiger partial charge in [-0.1, -0.05) is 30.9 Å². The second-order valence-corrected chi connectivity index (χ2v) is 5.56. The molecule has 1 saturated carbocycles. The fourth-order valence-electron chi connectivity index (χ4n) is 2.61. The first-order valence-electron chi connectivity index (χ1n) is 6.41. The van der Waals surface area contributed by atoms with Crippen LogP contribution in [0.1, 0.15) is 32.1 Å². The smallest absolute Gasteiger partial charge is 0.169 e. The van der Waals surface area contributed by atoms with Crippen LogP contribution in [0.5, 0.6) is 0 Å². The molecule has 0 amide bonds. The van der Waals surface area contributed by atoms with E-state index < -0.39 is 11.4 Å². The van der Waals surface area contributed by atoms with Crippen molar-refractivity contribution in [3.63, 3.8) is 0 Å². The van der Waals surface area contributed by atoms with E-state index in [2.05, 4.69) is 5.32 Å². The number of benzene rings is 1. The summed E-state index contributed by atoms with van der Waals surface area (Å²) in [4.78, 5) is 0. The first kappa shape index (κ1) is 14.2. The number of nitrogens with two attached hydrogens (primary N) is 2. The highest BCUT2D eigenvalue weighted by Crippen LogP contribution is 2.38. The quantitative estimate of drug-likeness (QED) is 0.644. The molecule has 1 aromatic rings. The summed E-state index contributed by atoms with van der Waals surface area (Å²) in [5.41, 5.74) is 11.3. The predicted octanol–water partition coefficient (Wildman–Crippen LogP) is 2.75. The Morgan fingerprint density at radius 3 is 2.47 bits per heavy atom. The highest BCUT2D eigenvalue weighted by molar-refractivity contribution is 6.33. The van der Waals surface area contributed by atoms with Gasteiger partial charge in [0.05, 0.1) is 29.2 Å². The van der Waals surface area contributed by atoms with E-state index in [1.165, 1.54) is 6.07 Å². The first-order valence-corrected chi connectivity index (χ1v) is 6.79. The monoisotopic (exact) mass is 287 g/mol. The molecular weight excluding hydrogens is 269 g/mol. The van der Waals surface area contributed by atoms with Crippen LogP contribution in [-0.4, -0.2) is 17.3 Å². The highest BCUT2D eigenvalue weighted by atomic mass is 35.5. The summed E-state index contributed by atoms with van der Waals surface area (Å²) in [7, 11) is 0. The molecule has 6 heteroatoms. The van der Waals surface area contributed by atoms with Crippen LogP contribution in [0.3, 0.4) is 0 Å². The number of hydrogen-bond acceptors (Lipinski definition) is 4. The molecule has 19 heavy (non-hydrogen) atoms. The van der Waals surface area contributed by atoms with Crippen LogP contribution >= 0.6 is 11.6 Å². The lowest BCUT2D eigenvalue weighted by atomic mass is 9.82. The molecule has 0 atom stereocenters. The van der Waals surface area contributed by atoms with E-state index in [1.54, 1.807) is 0 Å². The fourth-order valence-corrected chi connectivity index (χ4v) is 2.76. The molecule has 0 bridgehead atoms. The summed E-state index contributed by atoms with van der Waals surface area (Å²) in [6, 6.07) is 1.43. The van der Waals surface area contributed by atoms with Gasteiger partial charge in [-0.15, -0.1) is 0 Å². The second-order valence-electron chi connectivity index (χ2n) is 5.18. The molecule has 0 saturated heterocycles. The molecule has 4 nitrogen and oxygen atoms in total. The Balaban J connectivity index is 2.34. The third-order valence-electron chi connectivity index (χ3n) is 3.77. The van der Waals surface area contributed by atoms with Crippen molar-refractivity contribution in [2.75, 3.05) is 23.4 Å². The minimum Gasteiger partial charge on any atom is -0.397 e. The number of nitrogen functional groups attached to an aromatic ring is 2. The summed E-state index contributed by atoms with van der Waals surface area (Å²) in [5, 5.41) is 12.5. The van der Waals surface area contributed by atoms with Crippen LogP contribution in [0, 0.1) is 5.82 Å². The number of anilines is 3. The van der Waals surface area contributed by atoms with Crippen LogP contribution < -0.4 is 16.8 Å². The molecule has 0 aromatic heterocycles. The molecule has 1 fully saturated rings. The third kappa shape index (κ3) is 2.72. The minimum absolute atomic E-state index is 0.0616. The van der Waals surface area contributed by atoms with Crippen molar-refractivity contribution >= 4 is 28.7 Å². The van der Waals surface area contributed by atoms with Crippen molar-refractivity contribution in [2.45, 2.75) is 37.6 Å². The largest absolute Gasteiger partial charge is 0.397 e. The maximum Gasteiger partial charge on any atom is 0.169 e. The average Bonchev–Trinajstić information content (AvgIpc) is 2.42. The second kappa shape index (κ2) is 5.43. The Hall–Kier alpha value is -1.20. The Bertz CT molecular complexity index is 475. The van der Waals surface area contributed by atoms with Crippen molar-refractivity contribution < 1.29 is 9.50 Å². The summed E-state index contributed by atoms with van der Waals surface area (Å²) in [6.07, 6.45) is 4.69. The van der Waals surface area contributed by atoms with Gasteiger partial charge in [0.15, 0.2) is 5.82 Å². The number of aliphatic hydroxyl groups excluding tert-OH is 1. The average molecular weight is 288 g/mol. The normalized spacial score (nSPS) is 18.3. The first-order chi connectivity index (χ1) is 8.99. The van der Waals surface area contributed by atoms with Gasteiger partial charge in [0, 0.05) is 0 Å². The number of rotatable bonds is 3. The lowest BCUT2D eigenvalue weighted by Crippen LogP contribution is -2.44. The molecule has 0 aliphatic heterocycles. The van der Waals surface area contributed by atoms with E-state index in [0.717, 1.165) is 32.1 Å². The summed E-state index contributed by atoms with van der Waals surface area (Å²) < 4.78 is 14.1. The lowest BCUT2D eigenvalue weighted by Gasteiger charge is -2.38. The van der Waals surface area contributed by atoms with Crippen molar-refractivity contribution in [1.29, 1.82) is 0 Å². The van der Waals surface area contributed by atoms with Gasteiger partial charge in [-0.2, -0.15) is 0 Å². The maximum atomic E-state index is 14.1. The highest BCUT2D eigenvalue weighted by Gasteiger charge is 2.33. The summed E-state index contributed by atoms with van der Waals surface area (Å²) in [6.45, 7) is -0.0616. The molecule has 2 rings (SSSR count). The molecule has 0 unspecified atom stereocenters. The third-order valence-corrected chi connectivity index (χ3v) is 4.15. The van der Waals surface area contributed by atoms with Gasteiger partial charge >= 0.3 is 0 Å². The predicted molar refractivity (Wildman–Crippen MR) is 76.8 cm³/mol.